The second-order valence-electron chi connectivity index (χ2n) is 6.59. The molecular formula is C17H23ClN2O3S. The third-order valence-electron chi connectivity index (χ3n) is 4.96. The number of piperidine rings is 1. The lowest BCUT2D eigenvalue weighted by Gasteiger charge is -2.31. The fourth-order valence-corrected chi connectivity index (χ4v) is 4.69. The summed E-state index contributed by atoms with van der Waals surface area (Å²) in [6.45, 7) is 2.64. The molecule has 0 aromatic heterocycles. The number of carbonyl (C=O) groups is 1. The van der Waals surface area contributed by atoms with E-state index in [0.717, 1.165) is 12.0 Å². The highest BCUT2D eigenvalue weighted by Crippen LogP contribution is 2.48. The molecule has 1 aromatic rings. The molecule has 0 radical (unpaired) electrons. The van der Waals surface area contributed by atoms with Crippen molar-refractivity contribution in [1.29, 1.82) is 0 Å². The van der Waals surface area contributed by atoms with E-state index in [0.29, 0.717) is 31.0 Å². The molecule has 3 rings (SSSR count). The maximum absolute atomic E-state index is 12.4. The Kier molecular flexibility index (Phi) is 5.18. The van der Waals surface area contributed by atoms with Crippen molar-refractivity contribution in [2.24, 2.45) is 5.92 Å². The number of benzene rings is 1. The molecule has 1 amide bonds. The summed E-state index contributed by atoms with van der Waals surface area (Å²) in [5.41, 5.74) is 1.12. The first-order valence-electron chi connectivity index (χ1n) is 8.44. The highest BCUT2D eigenvalue weighted by molar-refractivity contribution is 7.89. The first-order chi connectivity index (χ1) is 11.4. The largest absolute Gasteiger partial charge is 0.353 e. The van der Waals surface area contributed by atoms with Crippen LogP contribution < -0.4 is 5.32 Å². The van der Waals surface area contributed by atoms with Gasteiger partial charge in [-0.15, -0.1) is 0 Å². The molecule has 0 spiro atoms. The minimum Gasteiger partial charge on any atom is -0.353 e. The van der Waals surface area contributed by atoms with Gasteiger partial charge in [-0.2, -0.15) is 0 Å². The molecule has 1 heterocycles. The van der Waals surface area contributed by atoms with Crippen molar-refractivity contribution in [2.45, 2.75) is 38.1 Å². The average Bonchev–Trinajstić information content (AvgIpc) is 3.36. The number of nitrogens with zero attached hydrogens (tertiary/aromatic N) is 1. The van der Waals surface area contributed by atoms with Crippen molar-refractivity contribution in [2.75, 3.05) is 18.8 Å². The van der Waals surface area contributed by atoms with E-state index in [1.165, 1.54) is 4.31 Å². The Balaban J connectivity index is 1.49. The third-order valence-corrected chi connectivity index (χ3v) is 7.08. The Hall–Kier alpha value is -1.11. The smallest absolute Gasteiger partial charge is 0.223 e. The minimum absolute atomic E-state index is 0.0147. The van der Waals surface area contributed by atoms with Crippen LogP contribution >= 0.6 is 11.6 Å². The van der Waals surface area contributed by atoms with Gasteiger partial charge in [-0.1, -0.05) is 23.7 Å². The van der Waals surface area contributed by atoms with E-state index in [-0.39, 0.29) is 29.5 Å². The van der Waals surface area contributed by atoms with Gasteiger partial charge in [-0.25, -0.2) is 12.7 Å². The molecule has 2 atom stereocenters. The predicted octanol–water partition coefficient (Wildman–Crippen LogP) is 2.37. The van der Waals surface area contributed by atoms with Gasteiger partial charge in [0.1, 0.15) is 0 Å². The van der Waals surface area contributed by atoms with E-state index >= 15 is 0 Å². The molecule has 1 aromatic carbocycles. The predicted molar refractivity (Wildman–Crippen MR) is 94.5 cm³/mol. The summed E-state index contributed by atoms with van der Waals surface area (Å²) in [5, 5.41) is 3.79. The van der Waals surface area contributed by atoms with Gasteiger partial charge in [0.2, 0.25) is 15.9 Å². The number of hydrogen-bond acceptors (Lipinski definition) is 3. The van der Waals surface area contributed by atoms with E-state index < -0.39 is 10.0 Å². The lowest BCUT2D eigenvalue weighted by molar-refractivity contribution is -0.123. The van der Waals surface area contributed by atoms with Gasteiger partial charge in [0.15, 0.2) is 0 Å². The Labute approximate surface area is 148 Å². The lowest BCUT2D eigenvalue weighted by Crippen LogP contribution is -2.47. The van der Waals surface area contributed by atoms with Crippen LogP contribution in [0.2, 0.25) is 5.02 Å². The summed E-state index contributed by atoms with van der Waals surface area (Å²) in [7, 11) is -3.12. The third kappa shape index (κ3) is 3.92. The van der Waals surface area contributed by atoms with Crippen LogP contribution in [0, 0.1) is 5.92 Å². The first kappa shape index (κ1) is 17.7. The average molecular weight is 371 g/mol. The van der Waals surface area contributed by atoms with E-state index in [4.69, 9.17) is 11.6 Å². The van der Waals surface area contributed by atoms with Crippen LogP contribution in [-0.4, -0.2) is 43.5 Å². The molecule has 1 saturated carbocycles. The zero-order chi connectivity index (χ0) is 17.3. The van der Waals surface area contributed by atoms with Crippen molar-refractivity contribution in [3.05, 3.63) is 34.9 Å². The van der Waals surface area contributed by atoms with Crippen LogP contribution in [0.4, 0.5) is 0 Å². The number of amides is 1. The molecule has 0 bridgehead atoms. The summed E-state index contributed by atoms with van der Waals surface area (Å²) in [4.78, 5) is 12.4. The van der Waals surface area contributed by atoms with Crippen molar-refractivity contribution in [3.8, 4) is 0 Å². The number of carbonyl (C=O) groups excluding carboxylic acids is 1. The fourth-order valence-electron chi connectivity index (χ4n) is 3.36. The summed E-state index contributed by atoms with van der Waals surface area (Å²) in [6.07, 6.45) is 2.22. The molecule has 24 heavy (non-hydrogen) atoms. The molecule has 7 heteroatoms. The van der Waals surface area contributed by atoms with E-state index in [1.54, 1.807) is 6.92 Å². The van der Waals surface area contributed by atoms with Gasteiger partial charge in [-0.3, -0.25) is 4.79 Å². The van der Waals surface area contributed by atoms with Crippen LogP contribution in [0.15, 0.2) is 24.3 Å². The van der Waals surface area contributed by atoms with Gasteiger partial charge in [-0.05, 0) is 49.8 Å². The minimum atomic E-state index is -3.12. The van der Waals surface area contributed by atoms with Gasteiger partial charge in [0, 0.05) is 30.1 Å². The van der Waals surface area contributed by atoms with Crippen molar-refractivity contribution in [1.82, 2.24) is 9.62 Å². The zero-order valence-electron chi connectivity index (χ0n) is 13.7. The highest BCUT2D eigenvalue weighted by atomic mass is 35.5. The normalized spacial score (nSPS) is 25.4. The second-order valence-corrected chi connectivity index (χ2v) is 9.28. The van der Waals surface area contributed by atoms with Crippen molar-refractivity contribution >= 4 is 27.5 Å². The molecule has 5 nitrogen and oxygen atoms in total. The number of nitrogens with one attached hydrogen (secondary N) is 1. The quantitative estimate of drug-likeness (QED) is 0.865. The van der Waals surface area contributed by atoms with Gasteiger partial charge < -0.3 is 5.32 Å². The van der Waals surface area contributed by atoms with E-state index in [2.05, 4.69) is 5.32 Å². The van der Waals surface area contributed by atoms with Crippen LogP contribution in [-0.2, 0) is 14.8 Å². The number of halogens is 1. The Morgan fingerprint density at radius 3 is 2.67 bits per heavy atom. The maximum Gasteiger partial charge on any atom is 0.223 e. The molecule has 0 unspecified atom stereocenters. The zero-order valence-corrected chi connectivity index (χ0v) is 15.3. The number of sulfonamides is 1. The molecular weight excluding hydrogens is 348 g/mol. The molecule has 1 N–H and O–H groups in total. The van der Waals surface area contributed by atoms with E-state index in [1.807, 2.05) is 24.3 Å². The van der Waals surface area contributed by atoms with Crippen molar-refractivity contribution < 1.29 is 13.2 Å². The molecule has 1 aliphatic heterocycles. The topological polar surface area (TPSA) is 66.5 Å². The highest BCUT2D eigenvalue weighted by Gasteiger charge is 2.44. The maximum atomic E-state index is 12.4. The first-order valence-corrected chi connectivity index (χ1v) is 10.4. The molecule has 132 valence electrons. The fraction of sp³-hybridized carbons (Fsp3) is 0.588. The van der Waals surface area contributed by atoms with E-state index in [9.17, 15) is 13.2 Å². The Morgan fingerprint density at radius 2 is 2.04 bits per heavy atom. The van der Waals surface area contributed by atoms with Crippen LogP contribution in [0.5, 0.6) is 0 Å². The second kappa shape index (κ2) is 7.02. The monoisotopic (exact) mass is 370 g/mol. The molecule has 2 fully saturated rings. The molecule has 2 aliphatic rings. The Bertz CT molecular complexity index is 714. The van der Waals surface area contributed by atoms with Crippen LogP contribution in [0.25, 0.3) is 0 Å². The van der Waals surface area contributed by atoms with Gasteiger partial charge in [0.25, 0.3) is 0 Å². The summed E-state index contributed by atoms with van der Waals surface area (Å²) in [5.74, 6) is 0.481. The molecule has 1 saturated heterocycles. The van der Waals surface area contributed by atoms with Crippen LogP contribution in [0.1, 0.15) is 37.7 Å². The summed E-state index contributed by atoms with van der Waals surface area (Å²) in [6, 6.07) is 7.75. The Morgan fingerprint density at radius 1 is 1.33 bits per heavy atom. The van der Waals surface area contributed by atoms with Gasteiger partial charge in [0.05, 0.1) is 5.75 Å². The number of rotatable bonds is 5. The summed E-state index contributed by atoms with van der Waals surface area (Å²) < 4.78 is 25.2. The van der Waals surface area contributed by atoms with Crippen molar-refractivity contribution in [3.63, 3.8) is 0 Å². The van der Waals surface area contributed by atoms with Crippen LogP contribution in [0.3, 0.4) is 0 Å². The standard InChI is InChI=1S/C17H23ClN2O3S/c1-2-24(22,23)20-8-6-14(7-9-20)19-17(21)16-11-15(16)12-4-3-5-13(18)10-12/h3-5,10,14-16H,2,6-9,11H2,1H3,(H,19,21)/t15-,16-/m1/s1. The summed E-state index contributed by atoms with van der Waals surface area (Å²) >= 11 is 6.01. The number of hydrogen-bond donors (Lipinski definition) is 1. The van der Waals surface area contributed by atoms with Gasteiger partial charge >= 0.3 is 0 Å². The molecule has 1 aliphatic carbocycles. The lowest BCUT2D eigenvalue weighted by atomic mass is 10.1. The SMILES string of the molecule is CCS(=O)(=O)N1CCC(NC(=O)[C@@H]2C[C@@H]2c2cccc(Cl)c2)CC1.